The zero-order chi connectivity index (χ0) is 14.8. The zero-order valence-corrected chi connectivity index (χ0v) is 13.2. The number of nitrogens with two attached hydrogens (primary N) is 1. The molecular weight excluding hydrogens is 286 g/mol. The van der Waals surface area contributed by atoms with Crippen molar-refractivity contribution in [3.8, 4) is 0 Å². The van der Waals surface area contributed by atoms with E-state index in [0.717, 1.165) is 38.5 Å². The van der Waals surface area contributed by atoms with E-state index in [1.54, 1.807) is 16.7 Å². The molecule has 1 saturated heterocycles. The standard InChI is InChI=1S/C15H25N3O2S/c16-7-12(10-5-6-10)17-14(19)13-8-21-9-18(13)15(20)11-3-1-2-4-11/h10-13H,1-9,16H2,(H,17,19). The third kappa shape index (κ3) is 3.37. The van der Waals surface area contributed by atoms with Gasteiger partial charge in [-0.1, -0.05) is 12.8 Å². The average Bonchev–Trinajstić information content (AvgIpc) is 3.01. The van der Waals surface area contributed by atoms with E-state index in [2.05, 4.69) is 5.32 Å². The Hall–Kier alpha value is -0.750. The van der Waals surface area contributed by atoms with E-state index in [4.69, 9.17) is 5.73 Å². The molecule has 0 aromatic heterocycles. The molecule has 1 aliphatic heterocycles. The molecule has 2 atom stereocenters. The van der Waals surface area contributed by atoms with Crippen molar-refractivity contribution in [2.75, 3.05) is 18.2 Å². The van der Waals surface area contributed by atoms with Crippen molar-refractivity contribution in [1.82, 2.24) is 10.2 Å². The minimum atomic E-state index is -0.295. The Labute approximate surface area is 130 Å². The van der Waals surface area contributed by atoms with Gasteiger partial charge in [0.25, 0.3) is 0 Å². The number of thioether (sulfide) groups is 1. The number of rotatable bonds is 5. The summed E-state index contributed by atoms with van der Waals surface area (Å²) in [4.78, 5) is 26.9. The second-order valence-corrected chi connectivity index (χ2v) is 7.49. The van der Waals surface area contributed by atoms with Crippen molar-refractivity contribution in [2.45, 2.75) is 50.6 Å². The van der Waals surface area contributed by atoms with Crippen molar-refractivity contribution in [1.29, 1.82) is 0 Å². The van der Waals surface area contributed by atoms with Crippen molar-refractivity contribution in [2.24, 2.45) is 17.6 Å². The van der Waals surface area contributed by atoms with Gasteiger partial charge in [-0.3, -0.25) is 9.59 Å². The first kappa shape index (κ1) is 15.2. The van der Waals surface area contributed by atoms with Gasteiger partial charge in [0.05, 0.1) is 5.88 Å². The summed E-state index contributed by atoms with van der Waals surface area (Å²) in [6.07, 6.45) is 6.58. The Bertz CT molecular complexity index is 408. The molecule has 3 rings (SSSR count). The van der Waals surface area contributed by atoms with Gasteiger partial charge in [-0.2, -0.15) is 0 Å². The van der Waals surface area contributed by atoms with E-state index in [1.807, 2.05) is 0 Å². The van der Waals surface area contributed by atoms with Crippen LogP contribution in [0.3, 0.4) is 0 Å². The fraction of sp³-hybridized carbons (Fsp3) is 0.867. The molecule has 2 unspecified atom stereocenters. The fourth-order valence-corrected chi connectivity index (χ4v) is 4.59. The molecule has 3 aliphatic rings. The van der Waals surface area contributed by atoms with Crippen LogP contribution in [0.5, 0.6) is 0 Å². The van der Waals surface area contributed by atoms with Crippen LogP contribution in [0.1, 0.15) is 38.5 Å². The molecule has 2 aliphatic carbocycles. The topological polar surface area (TPSA) is 75.4 Å². The van der Waals surface area contributed by atoms with Crippen LogP contribution >= 0.6 is 11.8 Å². The Balaban J connectivity index is 1.59. The summed E-state index contributed by atoms with van der Waals surface area (Å²) in [6.45, 7) is 0.493. The molecule has 3 fully saturated rings. The maximum Gasteiger partial charge on any atom is 0.243 e. The molecule has 5 nitrogen and oxygen atoms in total. The maximum atomic E-state index is 12.6. The number of hydrogen-bond acceptors (Lipinski definition) is 4. The summed E-state index contributed by atoms with van der Waals surface area (Å²) in [7, 11) is 0. The summed E-state index contributed by atoms with van der Waals surface area (Å²) >= 11 is 1.68. The molecule has 6 heteroatoms. The maximum absolute atomic E-state index is 12.6. The highest BCUT2D eigenvalue weighted by Gasteiger charge is 2.40. The minimum absolute atomic E-state index is 0.00584. The molecule has 2 saturated carbocycles. The van der Waals surface area contributed by atoms with Gasteiger partial charge in [0.15, 0.2) is 0 Å². The second-order valence-electron chi connectivity index (χ2n) is 6.49. The Kier molecular flexibility index (Phi) is 4.74. The highest BCUT2D eigenvalue weighted by molar-refractivity contribution is 7.99. The first-order chi connectivity index (χ1) is 10.2. The molecule has 118 valence electrons. The van der Waals surface area contributed by atoms with E-state index >= 15 is 0 Å². The molecule has 3 N–H and O–H groups in total. The van der Waals surface area contributed by atoms with Crippen LogP contribution in [0.2, 0.25) is 0 Å². The van der Waals surface area contributed by atoms with Gasteiger partial charge < -0.3 is 16.0 Å². The van der Waals surface area contributed by atoms with Gasteiger partial charge in [-0.05, 0) is 31.6 Å². The smallest absolute Gasteiger partial charge is 0.243 e. The van der Waals surface area contributed by atoms with Crippen molar-refractivity contribution < 1.29 is 9.59 Å². The SMILES string of the molecule is NCC(NC(=O)C1CSCN1C(=O)C1CCCC1)C1CC1. The third-order valence-electron chi connectivity index (χ3n) is 4.95. The summed E-state index contributed by atoms with van der Waals surface area (Å²) in [6, 6.07) is -0.206. The lowest BCUT2D eigenvalue weighted by atomic mass is 10.1. The molecule has 0 radical (unpaired) electrons. The normalized spacial score (nSPS) is 27.9. The lowest BCUT2D eigenvalue weighted by Crippen LogP contribution is -2.53. The Morgan fingerprint density at radius 3 is 2.57 bits per heavy atom. The highest BCUT2D eigenvalue weighted by atomic mass is 32.2. The first-order valence-electron chi connectivity index (χ1n) is 8.09. The molecule has 2 amide bonds. The van der Waals surface area contributed by atoms with E-state index in [-0.39, 0.29) is 29.8 Å². The molecule has 1 heterocycles. The number of carbonyl (C=O) groups is 2. The lowest BCUT2D eigenvalue weighted by Gasteiger charge is -2.27. The predicted octanol–water partition coefficient (Wildman–Crippen LogP) is 0.932. The van der Waals surface area contributed by atoms with Crippen LogP contribution in [0, 0.1) is 11.8 Å². The number of carbonyl (C=O) groups excluding carboxylic acids is 2. The quantitative estimate of drug-likeness (QED) is 0.792. The predicted molar refractivity (Wildman–Crippen MR) is 83.6 cm³/mol. The lowest BCUT2D eigenvalue weighted by molar-refractivity contribution is -0.141. The van der Waals surface area contributed by atoms with Crippen LogP contribution in [-0.2, 0) is 9.59 Å². The molecule has 21 heavy (non-hydrogen) atoms. The van der Waals surface area contributed by atoms with Crippen molar-refractivity contribution >= 4 is 23.6 Å². The molecule has 0 aromatic carbocycles. The Morgan fingerprint density at radius 2 is 1.95 bits per heavy atom. The number of amides is 2. The monoisotopic (exact) mass is 311 g/mol. The summed E-state index contributed by atoms with van der Waals surface area (Å²) in [5.41, 5.74) is 5.75. The molecule has 0 aromatic rings. The van der Waals surface area contributed by atoms with Crippen LogP contribution < -0.4 is 11.1 Å². The Morgan fingerprint density at radius 1 is 1.24 bits per heavy atom. The van der Waals surface area contributed by atoms with Gasteiger partial charge >= 0.3 is 0 Å². The molecule has 0 spiro atoms. The van der Waals surface area contributed by atoms with Crippen LogP contribution in [0.25, 0.3) is 0 Å². The van der Waals surface area contributed by atoms with Gasteiger partial charge in [0.1, 0.15) is 6.04 Å². The largest absolute Gasteiger partial charge is 0.350 e. The van der Waals surface area contributed by atoms with Crippen LogP contribution in [-0.4, -0.2) is 47.0 Å². The van der Waals surface area contributed by atoms with E-state index in [9.17, 15) is 9.59 Å². The summed E-state index contributed by atoms with van der Waals surface area (Å²) in [5.74, 6) is 2.25. The van der Waals surface area contributed by atoms with Gasteiger partial charge in [-0.15, -0.1) is 11.8 Å². The van der Waals surface area contributed by atoms with Crippen LogP contribution in [0.15, 0.2) is 0 Å². The van der Waals surface area contributed by atoms with Gasteiger partial charge in [0.2, 0.25) is 11.8 Å². The third-order valence-corrected chi connectivity index (χ3v) is 5.96. The van der Waals surface area contributed by atoms with Crippen molar-refractivity contribution in [3.05, 3.63) is 0 Å². The number of nitrogens with one attached hydrogen (secondary N) is 1. The van der Waals surface area contributed by atoms with Gasteiger partial charge in [0, 0.05) is 24.3 Å². The van der Waals surface area contributed by atoms with Crippen LogP contribution in [0.4, 0.5) is 0 Å². The molecule has 0 bridgehead atoms. The first-order valence-corrected chi connectivity index (χ1v) is 9.25. The van der Waals surface area contributed by atoms with Gasteiger partial charge in [-0.25, -0.2) is 0 Å². The fourth-order valence-electron chi connectivity index (χ4n) is 3.43. The summed E-state index contributed by atoms with van der Waals surface area (Å²) < 4.78 is 0. The highest BCUT2D eigenvalue weighted by Crippen LogP contribution is 2.33. The van der Waals surface area contributed by atoms with E-state index < -0.39 is 0 Å². The number of hydrogen-bond donors (Lipinski definition) is 2. The van der Waals surface area contributed by atoms with Crippen molar-refractivity contribution in [3.63, 3.8) is 0 Å². The van der Waals surface area contributed by atoms with E-state index in [0.29, 0.717) is 24.1 Å². The summed E-state index contributed by atoms with van der Waals surface area (Å²) in [5, 5.41) is 3.07. The number of nitrogens with zero attached hydrogens (tertiary/aromatic N) is 1. The average molecular weight is 311 g/mol. The minimum Gasteiger partial charge on any atom is -0.350 e. The molecular formula is C15H25N3O2S. The second kappa shape index (κ2) is 6.57. The van der Waals surface area contributed by atoms with E-state index in [1.165, 1.54) is 0 Å². The zero-order valence-electron chi connectivity index (χ0n) is 12.4.